The molecule has 1 heterocycles. The van der Waals surface area contributed by atoms with Gasteiger partial charge < -0.3 is 15.2 Å². The van der Waals surface area contributed by atoms with E-state index < -0.39 is 38.3 Å². The molecule has 0 spiro atoms. The van der Waals surface area contributed by atoms with Crippen molar-refractivity contribution in [2.75, 3.05) is 7.11 Å². The van der Waals surface area contributed by atoms with Gasteiger partial charge in [0.25, 0.3) is 0 Å². The summed E-state index contributed by atoms with van der Waals surface area (Å²) in [5.41, 5.74) is 2.54. The molecule has 1 aliphatic rings. The average Bonchev–Trinajstić information content (AvgIpc) is 3.00. The molecule has 2 N–H and O–H groups in total. The summed E-state index contributed by atoms with van der Waals surface area (Å²) >= 11 is 0. The number of para-hydroxylation sites is 1. The number of hydrogen-bond acceptors (Lipinski definition) is 5. The third-order valence-electron chi connectivity index (χ3n) is 5.51. The van der Waals surface area contributed by atoms with Crippen molar-refractivity contribution >= 4 is 21.7 Å². The summed E-state index contributed by atoms with van der Waals surface area (Å²) < 4.78 is 29.9. The smallest absolute Gasteiger partial charge is 0.326 e. The van der Waals surface area contributed by atoms with Gasteiger partial charge in [-0.25, -0.2) is 13.2 Å². The third-order valence-corrected chi connectivity index (χ3v) is 8.11. The fourth-order valence-corrected chi connectivity index (χ4v) is 5.54. The van der Waals surface area contributed by atoms with Crippen LogP contribution in [-0.4, -0.2) is 49.1 Å². The largest absolute Gasteiger partial charge is 0.496 e. The fraction of sp³-hybridized carbons (Fsp3) is 0.364. The van der Waals surface area contributed by atoms with Crippen molar-refractivity contribution in [1.29, 1.82) is 0 Å². The van der Waals surface area contributed by atoms with Crippen LogP contribution < -0.4 is 10.1 Å². The van der Waals surface area contributed by atoms with Crippen LogP contribution in [0.15, 0.2) is 48.5 Å². The molecule has 7 nitrogen and oxygen atoms in total. The molecule has 2 aromatic rings. The molecular formula is C22H25NO6S. The van der Waals surface area contributed by atoms with Crippen molar-refractivity contribution in [3.63, 3.8) is 0 Å². The molecule has 0 bridgehead atoms. The van der Waals surface area contributed by atoms with E-state index in [2.05, 4.69) is 5.32 Å². The molecule has 0 aromatic heterocycles. The zero-order valence-corrected chi connectivity index (χ0v) is 17.7. The number of amides is 1. The van der Waals surface area contributed by atoms with Gasteiger partial charge in [-0.1, -0.05) is 42.5 Å². The normalized spacial score (nSPS) is 21.0. The van der Waals surface area contributed by atoms with Crippen molar-refractivity contribution in [3.8, 4) is 16.9 Å². The minimum atomic E-state index is -3.57. The van der Waals surface area contributed by atoms with E-state index in [0.717, 1.165) is 16.9 Å². The van der Waals surface area contributed by atoms with Gasteiger partial charge >= 0.3 is 5.97 Å². The minimum absolute atomic E-state index is 0.0512. The van der Waals surface area contributed by atoms with Crippen LogP contribution in [0.4, 0.5) is 0 Å². The molecule has 30 heavy (non-hydrogen) atoms. The van der Waals surface area contributed by atoms with Crippen LogP contribution in [0.3, 0.4) is 0 Å². The van der Waals surface area contributed by atoms with E-state index in [1.54, 1.807) is 26.2 Å². The number of carboxylic acid groups (broad SMARTS) is 1. The van der Waals surface area contributed by atoms with E-state index in [9.17, 15) is 23.1 Å². The predicted octanol–water partition coefficient (Wildman–Crippen LogP) is 2.44. The summed E-state index contributed by atoms with van der Waals surface area (Å²) in [5, 5.41) is 10.2. The molecule has 3 rings (SSSR count). The van der Waals surface area contributed by atoms with Gasteiger partial charge in [-0.05, 0) is 37.0 Å². The monoisotopic (exact) mass is 431 g/mol. The maximum absolute atomic E-state index is 12.5. The summed E-state index contributed by atoms with van der Waals surface area (Å²) in [7, 11) is -1.97. The zero-order valence-electron chi connectivity index (χ0n) is 16.9. The molecule has 8 heteroatoms. The Kier molecular flexibility index (Phi) is 6.45. The Morgan fingerprint density at radius 3 is 2.37 bits per heavy atom. The summed E-state index contributed by atoms with van der Waals surface area (Å²) in [6.45, 7) is 1.57. The molecule has 1 fully saturated rings. The number of carboxylic acids is 1. The van der Waals surface area contributed by atoms with Crippen LogP contribution in [0.1, 0.15) is 25.3 Å². The second-order valence-corrected chi connectivity index (χ2v) is 10.0. The third kappa shape index (κ3) is 4.48. The highest BCUT2D eigenvalue weighted by molar-refractivity contribution is 7.93. The predicted molar refractivity (Wildman–Crippen MR) is 113 cm³/mol. The minimum Gasteiger partial charge on any atom is -0.496 e. The van der Waals surface area contributed by atoms with E-state index >= 15 is 0 Å². The van der Waals surface area contributed by atoms with E-state index in [-0.39, 0.29) is 12.8 Å². The number of carbonyl (C=O) groups excluding carboxylic acids is 1. The first kappa shape index (κ1) is 21.8. The van der Waals surface area contributed by atoms with Gasteiger partial charge in [0.1, 0.15) is 17.0 Å². The first-order valence-corrected chi connectivity index (χ1v) is 11.3. The van der Waals surface area contributed by atoms with E-state index in [1.165, 1.54) is 0 Å². The van der Waals surface area contributed by atoms with Crippen molar-refractivity contribution in [1.82, 2.24) is 5.32 Å². The van der Waals surface area contributed by atoms with Crippen LogP contribution in [0.2, 0.25) is 0 Å². The van der Waals surface area contributed by atoms with Gasteiger partial charge in [-0.2, -0.15) is 0 Å². The summed E-state index contributed by atoms with van der Waals surface area (Å²) in [6.07, 6.45) is 0.674. The standard InChI is InChI=1S/C22H25NO6S/c1-14-7-12-20(30(14,27)28)21(24)23-18(22(25)26)13-15-8-10-16(11-9-15)17-5-3-4-6-19(17)29-2/h3-6,8-11,14,18,20H,7,12-13H2,1-2H3,(H,23,24)(H,25,26)/t14?,18-,20?/m0/s1. The van der Waals surface area contributed by atoms with E-state index in [0.29, 0.717) is 12.0 Å². The maximum atomic E-state index is 12.5. The molecule has 0 saturated carbocycles. The molecule has 160 valence electrons. The Morgan fingerprint density at radius 1 is 1.13 bits per heavy atom. The average molecular weight is 432 g/mol. The van der Waals surface area contributed by atoms with Gasteiger partial charge in [0.15, 0.2) is 9.84 Å². The molecule has 3 atom stereocenters. The molecule has 0 aliphatic carbocycles. The lowest BCUT2D eigenvalue weighted by molar-refractivity contribution is -0.141. The number of carbonyl (C=O) groups is 2. The molecule has 2 unspecified atom stereocenters. The molecular weight excluding hydrogens is 406 g/mol. The Morgan fingerprint density at radius 2 is 1.80 bits per heavy atom. The number of rotatable bonds is 7. The van der Waals surface area contributed by atoms with Gasteiger partial charge in [0.05, 0.1) is 12.4 Å². The van der Waals surface area contributed by atoms with Gasteiger partial charge in [0, 0.05) is 12.0 Å². The molecule has 1 saturated heterocycles. The second kappa shape index (κ2) is 8.87. The van der Waals surface area contributed by atoms with Crippen LogP contribution in [0.5, 0.6) is 5.75 Å². The van der Waals surface area contributed by atoms with Crippen molar-refractivity contribution in [2.45, 2.75) is 42.7 Å². The Balaban J connectivity index is 1.73. The maximum Gasteiger partial charge on any atom is 0.326 e. The van der Waals surface area contributed by atoms with Gasteiger partial charge in [0.2, 0.25) is 5.91 Å². The van der Waals surface area contributed by atoms with Crippen LogP contribution in [0, 0.1) is 0 Å². The van der Waals surface area contributed by atoms with Crippen molar-refractivity contribution in [3.05, 3.63) is 54.1 Å². The molecule has 1 amide bonds. The second-order valence-electron chi connectivity index (χ2n) is 7.47. The summed E-state index contributed by atoms with van der Waals surface area (Å²) in [4.78, 5) is 24.1. The lowest BCUT2D eigenvalue weighted by Gasteiger charge is -2.18. The quantitative estimate of drug-likeness (QED) is 0.697. The van der Waals surface area contributed by atoms with Crippen LogP contribution >= 0.6 is 0 Å². The molecule has 1 aliphatic heterocycles. The van der Waals surface area contributed by atoms with Crippen molar-refractivity contribution < 1.29 is 27.9 Å². The number of hydrogen-bond donors (Lipinski definition) is 2. The lowest BCUT2D eigenvalue weighted by atomic mass is 10.00. The number of aliphatic carboxylic acids is 1. The highest BCUT2D eigenvalue weighted by Crippen LogP contribution is 2.30. The Labute approximate surface area is 176 Å². The van der Waals surface area contributed by atoms with Crippen molar-refractivity contribution in [2.24, 2.45) is 0 Å². The SMILES string of the molecule is COc1ccccc1-c1ccc(C[C@H](NC(=O)C2CCC(C)S2(=O)=O)C(=O)O)cc1. The summed E-state index contributed by atoms with van der Waals surface area (Å²) in [6, 6.07) is 13.7. The first-order valence-electron chi connectivity index (χ1n) is 9.72. The Bertz CT molecular complexity index is 1030. The zero-order chi connectivity index (χ0) is 21.9. The summed E-state index contributed by atoms with van der Waals surface area (Å²) in [5.74, 6) is -1.22. The first-order chi connectivity index (χ1) is 14.2. The van der Waals surface area contributed by atoms with Crippen LogP contribution in [0.25, 0.3) is 11.1 Å². The number of methoxy groups -OCH3 is 1. The Hall–Kier alpha value is -2.87. The number of sulfone groups is 1. The topological polar surface area (TPSA) is 110 Å². The highest BCUT2D eigenvalue weighted by atomic mass is 32.2. The number of benzene rings is 2. The highest BCUT2D eigenvalue weighted by Gasteiger charge is 2.43. The number of ether oxygens (including phenoxy) is 1. The van der Waals surface area contributed by atoms with Gasteiger partial charge in [-0.15, -0.1) is 0 Å². The van der Waals surface area contributed by atoms with Crippen LogP contribution in [-0.2, 0) is 25.8 Å². The molecule has 2 aromatic carbocycles. The molecule has 0 radical (unpaired) electrons. The van der Waals surface area contributed by atoms with E-state index in [4.69, 9.17) is 4.74 Å². The number of nitrogens with one attached hydrogen (secondary N) is 1. The fourth-order valence-electron chi connectivity index (χ4n) is 3.68. The van der Waals surface area contributed by atoms with E-state index in [1.807, 2.05) is 36.4 Å². The lowest BCUT2D eigenvalue weighted by Crippen LogP contribution is -2.48. The van der Waals surface area contributed by atoms with Gasteiger partial charge in [-0.3, -0.25) is 4.79 Å².